The van der Waals surface area contributed by atoms with E-state index in [4.69, 9.17) is 9.84 Å². The van der Waals surface area contributed by atoms with Crippen LogP contribution in [0.25, 0.3) is 11.1 Å². The quantitative estimate of drug-likeness (QED) is 0.531. The fraction of sp³-hybridized carbons (Fsp3) is 0.375. The van der Waals surface area contributed by atoms with Gasteiger partial charge in [-0.1, -0.05) is 48.5 Å². The molecule has 0 fully saturated rings. The van der Waals surface area contributed by atoms with Crippen LogP contribution in [0.1, 0.15) is 30.9 Å². The second-order valence-corrected chi connectivity index (χ2v) is 8.92. The van der Waals surface area contributed by atoms with Crippen LogP contribution in [0.2, 0.25) is 0 Å². The fourth-order valence-electron chi connectivity index (χ4n) is 3.82. The molecule has 0 saturated heterocycles. The first-order chi connectivity index (χ1) is 15.4. The Labute approximate surface area is 192 Å². The van der Waals surface area contributed by atoms with Gasteiger partial charge in [-0.05, 0) is 36.1 Å². The third-order valence-electron chi connectivity index (χ3n) is 5.33. The first-order valence-corrected chi connectivity index (χ1v) is 11.7. The minimum atomic E-state index is -1.03. The Hall–Kier alpha value is -3.00. The third kappa shape index (κ3) is 5.82. The van der Waals surface area contributed by atoms with Crippen molar-refractivity contribution in [2.45, 2.75) is 25.8 Å². The number of amides is 2. The Morgan fingerprint density at radius 2 is 1.66 bits per heavy atom. The number of alkyl carbamates (subject to hydrolysis) is 1. The number of aliphatic carboxylic acids is 1. The highest BCUT2D eigenvalue weighted by Crippen LogP contribution is 2.44. The summed E-state index contributed by atoms with van der Waals surface area (Å²) in [5, 5.41) is 11.6. The summed E-state index contributed by atoms with van der Waals surface area (Å²) in [5.41, 5.74) is 4.67. The predicted molar refractivity (Wildman–Crippen MR) is 125 cm³/mol. The van der Waals surface area contributed by atoms with E-state index in [1.54, 1.807) is 13.8 Å². The van der Waals surface area contributed by atoms with Crippen molar-refractivity contribution < 1.29 is 24.2 Å². The van der Waals surface area contributed by atoms with E-state index in [2.05, 4.69) is 29.6 Å². The number of rotatable bonds is 10. The number of benzene rings is 2. The van der Waals surface area contributed by atoms with Crippen molar-refractivity contribution >= 4 is 29.7 Å². The van der Waals surface area contributed by atoms with Crippen molar-refractivity contribution in [2.24, 2.45) is 0 Å². The number of thioether (sulfide) groups is 1. The summed E-state index contributed by atoms with van der Waals surface area (Å²) in [7, 11) is 0. The van der Waals surface area contributed by atoms with Crippen LogP contribution >= 0.6 is 11.8 Å². The highest BCUT2D eigenvalue weighted by Gasteiger charge is 2.29. The molecular formula is C24H28N2O5S. The number of carbonyl (C=O) groups excluding carboxylic acids is 2. The highest BCUT2D eigenvalue weighted by atomic mass is 32.2. The summed E-state index contributed by atoms with van der Waals surface area (Å²) in [6, 6.07) is 16.1. The van der Waals surface area contributed by atoms with Gasteiger partial charge in [0.2, 0.25) is 5.91 Å². The van der Waals surface area contributed by atoms with E-state index in [1.807, 2.05) is 24.3 Å². The average Bonchev–Trinajstić information content (AvgIpc) is 3.09. The number of carboxylic acids is 1. The molecule has 0 bridgehead atoms. The molecule has 170 valence electrons. The summed E-state index contributed by atoms with van der Waals surface area (Å²) < 4.78 is 5.48. The van der Waals surface area contributed by atoms with Gasteiger partial charge < -0.3 is 20.1 Å². The van der Waals surface area contributed by atoms with Crippen LogP contribution < -0.4 is 5.32 Å². The predicted octanol–water partition coefficient (Wildman–Crippen LogP) is 3.58. The SMILES string of the molecule is CC(C)N(CC(=O)O)C(=O)CSCCNC(=O)OCC1c2ccccc2-c2ccccc21. The molecule has 8 heteroatoms. The van der Waals surface area contributed by atoms with Crippen LogP contribution in [-0.4, -0.2) is 65.2 Å². The zero-order chi connectivity index (χ0) is 23.1. The van der Waals surface area contributed by atoms with E-state index in [-0.39, 0.29) is 36.8 Å². The number of carboxylic acid groups (broad SMARTS) is 1. The van der Waals surface area contributed by atoms with Gasteiger partial charge in [0.1, 0.15) is 13.2 Å². The van der Waals surface area contributed by atoms with Crippen LogP contribution in [0.3, 0.4) is 0 Å². The summed E-state index contributed by atoms with van der Waals surface area (Å²) in [4.78, 5) is 36.6. The van der Waals surface area contributed by atoms with Crippen LogP contribution in [-0.2, 0) is 14.3 Å². The molecule has 3 rings (SSSR count). The van der Waals surface area contributed by atoms with E-state index >= 15 is 0 Å². The van der Waals surface area contributed by atoms with Gasteiger partial charge in [-0.25, -0.2) is 4.79 Å². The molecule has 0 spiro atoms. The van der Waals surface area contributed by atoms with Crippen molar-refractivity contribution in [1.82, 2.24) is 10.2 Å². The van der Waals surface area contributed by atoms with Crippen molar-refractivity contribution in [3.63, 3.8) is 0 Å². The number of carbonyl (C=O) groups is 3. The molecule has 1 aliphatic carbocycles. The van der Waals surface area contributed by atoms with E-state index < -0.39 is 12.1 Å². The lowest BCUT2D eigenvalue weighted by molar-refractivity contribution is -0.144. The fourth-order valence-corrected chi connectivity index (χ4v) is 4.55. The smallest absolute Gasteiger partial charge is 0.407 e. The van der Waals surface area contributed by atoms with Gasteiger partial charge in [0.25, 0.3) is 0 Å². The van der Waals surface area contributed by atoms with Crippen molar-refractivity contribution in [3.05, 3.63) is 59.7 Å². The lowest BCUT2D eigenvalue weighted by atomic mass is 9.98. The number of ether oxygens (including phenoxy) is 1. The second kappa shape index (κ2) is 11.0. The highest BCUT2D eigenvalue weighted by molar-refractivity contribution is 7.99. The molecule has 1 aliphatic rings. The van der Waals surface area contributed by atoms with Gasteiger partial charge in [0.05, 0.1) is 5.75 Å². The maximum atomic E-state index is 12.2. The third-order valence-corrected chi connectivity index (χ3v) is 6.28. The number of fused-ring (bicyclic) bond motifs is 3. The molecule has 2 aromatic rings. The lowest BCUT2D eigenvalue weighted by Gasteiger charge is -2.24. The Kier molecular flexibility index (Phi) is 8.16. The molecule has 2 amide bonds. The lowest BCUT2D eigenvalue weighted by Crippen LogP contribution is -2.41. The normalized spacial score (nSPS) is 12.2. The number of hydrogen-bond donors (Lipinski definition) is 2. The summed E-state index contributed by atoms with van der Waals surface area (Å²) >= 11 is 1.35. The van der Waals surface area contributed by atoms with Crippen molar-refractivity contribution in [1.29, 1.82) is 0 Å². The standard InChI is InChI=1S/C24H28N2O5S/c1-16(2)26(13-23(28)29)22(27)15-32-12-11-25-24(30)31-14-21-19-9-5-3-7-17(19)18-8-4-6-10-20(18)21/h3-10,16,21H,11-15H2,1-2H3,(H,25,30)(H,28,29). The van der Waals surface area contributed by atoms with Crippen LogP contribution in [0, 0.1) is 0 Å². The molecule has 0 unspecified atom stereocenters. The second-order valence-electron chi connectivity index (χ2n) is 7.81. The molecular weight excluding hydrogens is 428 g/mol. The molecule has 0 aromatic heterocycles. The van der Waals surface area contributed by atoms with Crippen molar-refractivity contribution in [3.8, 4) is 11.1 Å². The minimum absolute atomic E-state index is 0.0106. The van der Waals surface area contributed by atoms with Crippen LogP contribution in [0.15, 0.2) is 48.5 Å². The zero-order valence-electron chi connectivity index (χ0n) is 18.2. The van der Waals surface area contributed by atoms with Gasteiger partial charge in [-0.3, -0.25) is 9.59 Å². The first kappa shape index (κ1) is 23.7. The van der Waals surface area contributed by atoms with Gasteiger partial charge in [-0.2, -0.15) is 11.8 Å². The topological polar surface area (TPSA) is 95.9 Å². The van der Waals surface area contributed by atoms with Gasteiger partial charge in [0, 0.05) is 24.3 Å². The number of nitrogens with one attached hydrogen (secondary N) is 1. The molecule has 32 heavy (non-hydrogen) atoms. The summed E-state index contributed by atoms with van der Waals surface area (Å²) in [6.07, 6.45) is -0.492. The molecule has 0 radical (unpaired) electrons. The molecule has 0 heterocycles. The molecule has 0 saturated carbocycles. The first-order valence-electron chi connectivity index (χ1n) is 10.6. The maximum Gasteiger partial charge on any atom is 0.407 e. The van der Waals surface area contributed by atoms with Gasteiger partial charge in [-0.15, -0.1) is 0 Å². The average molecular weight is 457 g/mol. The van der Waals surface area contributed by atoms with Gasteiger partial charge in [0.15, 0.2) is 0 Å². The van der Waals surface area contributed by atoms with E-state index in [1.165, 1.54) is 27.8 Å². The summed E-state index contributed by atoms with van der Waals surface area (Å²) in [5.74, 6) is -0.564. The van der Waals surface area contributed by atoms with E-state index in [9.17, 15) is 14.4 Å². The van der Waals surface area contributed by atoms with Crippen molar-refractivity contribution in [2.75, 3.05) is 31.2 Å². The Bertz CT molecular complexity index is 933. The Morgan fingerprint density at radius 3 is 2.22 bits per heavy atom. The number of nitrogens with zero attached hydrogens (tertiary/aromatic N) is 1. The molecule has 0 atom stereocenters. The maximum absolute atomic E-state index is 12.2. The zero-order valence-corrected chi connectivity index (χ0v) is 19.1. The minimum Gasteiger partial charge on any atom is -0.480 e. The molecule has 7 nitrogen and oxygen atoms in total. The summed E-state index contributed by atoms with van der Waals surface area (Å²) in [6.45, 7) is 3.86. The number of hydrogen-bond acceptors (Lipinski definition) is 5. The van der Waals surface area contributed by atoms with Crippen LogP contribution in [0.4, 0.5) is 4.79 Å². The van der Waals surface area contributed by atoms with Crippen LogP contribution in [0.5, 0.6) is 0 Å². The van der Waals surface area contributed by atoms with Gasteiger partial charge >= 0.3 is 12.1 Å². The van der Waals surface area contributed by atoms with E-state index in [0.717, 1.165) is 11.1 Å². The molecule has 0 aliphatic heterocycles. The Morgan fingerprint density at radius 1 is 1.06 bits per heavy atom. The Balaban J connectivity index is 1.41. The monoisotopic (exact) mass is 456 g/mol. The van der Waals surface area contributed by atoms with E-state index in [0.29, 0.717) is 12.3 Å². The largest absolute Gasteiger partial charge is 0.480 e. The molecule has 2 N–H and O–H groups in total. The molecule has 2 aromatic carbocycles.